The maximum Gasteiger partial charge on any atom is 0.251 e. The topological polar surface area (TPSA) is 61.4 Å². The molecule has 1 heterocycles. The number of aryl methyl sites for hydroxylation is 1. The molecule has 3 rings (SSSR count). The molecule has 0 aromatic heterocycles. The number of anilines is 1. The smallest absolute Gasteiger partial charge is 0.251 e. The van der Waals surface area contributed by atoms with Crippen molar-refractivity contribution in [1.29, 1.82) is 0 Å². The highest BCUT2D eigenvalue weighted by molar-refractivity contribution is 7.99. The number of carbonyl (C=O) groups is 2. The number of benzene rings is 2. The van der Waals surface area contributed by atoms with Crippen LogP contribution in [0.25, 0.3) is 0 Å². The van der Waals surface area contributed by atoms with Gasteiger partial charge in [0.25, 0.3) is 5.91 Å². The van der Waals surface area contributed by atoms with Gasteiger partial charge in [0.2, 0.25) is 5.91 Å². The van der Waals surface area contributed by atoms with E-state index in [-0.39, 0.29) is 17.9 Å². The number of thioether (sulfide) groups is 1. The second-order valence-electron chi connectivity index (χ2n) is 7.35. The lowest BCUT2D eigenvalue weighted by Gasteiger charge is -2.26. The molecule has 0 aliphatic carbocycles. The average molecular weight is 412 g/mol. The Kier molecular flexibility index (Phi) is 7.34. The lowest BCUT2D eigenvalue weighted by Crippen LogP contribution is -2.45. The summed E-state index contributed by atoms with van der Waals surface area (Å²) in [6.07, 6.45) is 1.99. The van der Waals surface area contributed by atoms with E-state index in [1.54, 1.807) is 11.8 Å². The first-order chi connectivity index (χ1) is 14.0. The second-order valence-corrected chi connectivity index (χ2v) is 8.42. The molecule has 154 valence electrons. The van der Waals surface area contributed by atoms with E-state index in [1.165, 1.54) is 5.56 Å². The van der Waals surface area contributed by atoms with Crippen molar-refractivity contribution in [2.75, 3.05) is 24.2 Å². The highest BCUT2D eigenvalue weighted by Crippen LogP contribution is 2.36. The highest BCUT2D eigenvalue weighted by atomic mass is 32.2. The monoisotopic (exact) mass is 411 g/mol. The first kappa shape index (κ1) is 21.4. The summed E-state index contributed by atoms with van der Waals surface area (Å²) in [5.74, 6) is 0.598. The molecular formula is C23H29N3O2S. The predicted octanol–water partition coefficient (Wildman–Crippen LogP) is 3.75. The average Bonchev–Trinajstić information content (AvgIpc) is 2.86. The lowest BCUT2D eigenvalue weighted by molar-refractivity contribution is -0.120. The number of rotatable bonds is 7. The van der Waals surface area contributed by atoms with Crippen LogP contribution in [-0.4, -0.2) is 37.2 Å². The van der Waals surface area contributed by atoms with Crippen molar-refractivity contribution in [2.24, 2.45) is 0 Å². The molecule has 0 unspecified atom stereocenters. The normalized spacial score (nSPS) is 16.3. The molecule has 0 radical (unpaired) electrons. The summed E-state index contributed by atoms with van der Waals surface area (Å²) in [6, 6.07) is 13.6. The summed E-state index contributed by atoms with van der Waals surface area (Å²) in [6.45, 7) is 5.28. The minimum atomic E-state index is -0.264. The molecule has 1 atom stereocenters. The molecule has 0 saturated carbocycles. The first-order valence-corrected chi connectivity index (χ1v) is 11.1. The van der Waals surface area contributed by atoms with E-state index in [0.29, 0.717) is 24.4 Å². The van der Waals surface area contributed by atoms with E-state index in [9.17, 15) is 9.59 Å². The minimum absolute atomic E-state index is 0.0304. The Hall–Kier alpha value is -2.31. The summed E-state index contributed by atoms with van der Waals surface area (Å²) in [5.41, 5.74) is 3.65. The Morgan fingerprint density at radius 2 is 1.97 bits per heavy atom. The van der Waals surface area contributed by atoms with E-state index in [4.69, 9.17) is 0 Å². The molecule has 0 fully saturated rings. The zero-order valence-electron chi connectivity index (χ0n) is 17.3. The third kappa shape index (κ3) is 5.19. The fourth-order valence-corrected chi connectivity index (χ4v) is 4.41. The Morgan fingerprint density at radius 3 is 2.66 bits per heavy atom. The van der Waals surface area contributed by atoms with E-state index in [0.717, 1.165) is 29.0 Å². The van der Waals surface area contributed by atoms with Crippen LogP contribution in [0.1, 0.15) is 41.3 Å². The molecule has 5 nitrogen and oxygen atoms in total. The van der Waals surface area contributed by atoms with Gasteiger partial charge < -0.3 is 15.5 Å². The third-order valence-electron chi connectivity index (χ3n) is 5.11. The number of amides is 2. The van der Waals surface area contributed by atoms with Gasteiger partial charge >= 0.3 is 0 Å². The van der Waals surface area contributed by atoms with Crippen molar-refractivity contribution in [2.45, 2.75) is 44.2 Å². The van der Waals surface area contributed by atoms with Gasteiger partial charge in [-0.1, -0.05) is 43.2 Å². The second kappa shape index (κ2) is 9.94. The molecule has 29 heavy (non-hydrogen) atoms. The van der Waals surface area contributed by atoms with E-state index in [1.807, 2.05) is 37.1 Å². The van der Waals surface area contributed by atoms with Crippen LogP contribution in [-0.2, 0) is 11.3 Å². The number of hydrogen-bond donors (Lipinski definition) is 2. The van der Waals surface area contributed by atoms with Crippen LogP contribution < -0.4 is 15.5 Å². The highest BCUT2D eigenvalue weighted by Gasteiger charge is 2.30. The number of hydrogen-bond acceptors (Lipinski definition) is 4. The van der Waals surface area contributed by atoms with Gasteiger partial charge in [-0.2, -0.15) is 0 Å². The summed E-state index contributed by atoms with van der Waals surface area (Å²) in [5, 5.41) is 6.10. The van der Waals surface area contributed by atoms with Crippen LogP contribution in [0.4, 0.5) is 5.69 Å². The Bertz CT molecular complexity index is 867. The Labute approximate surface area is 177 Å². The van der Waals surface area contributed by atoms with Crippen LogP contribution in [0.5, 0.6) is 0 Å². The van der Waals surface area contributed by atoms with Crippen molar-refractivity contribution in [1.82, 2.24) is 10.6 Å². The zero-order valence-corrected chi connectivity index (χ0v) is 18.1. The quantitative estimate of drug-likeness (QED) is 0.681. The molecule has 1 aliphatic heterocycles. The number of nitrogens with one attached hydrogen (secondary N) is 2. The summed E-state index contributed by atoms with van der Waals surface area (Å²) >= 11 is 1.65. The van der Waals surface area contributed by atoms with E-state index >= 15 is 0 Å². The molecule has 2 N–H and O–H groups in total. The maximum atomic E-state index is 13.3. The van der Waals surface area contributed by atoms with Crippen LogP contribution in [0.2, 0.25) is 0 Å². The number of carbonyl (C=O) groups excluding carboxylic acids is 2. The molecule has 1 aliphatic rings. The van der Waals surface area contributed by atoms with E-state index < -0.39 is 0 Å². The first-order valence-electron chi connectivity index (χ1n) is 10.1. The predicted molar refractivity (Wildman–Crippen MR) is 120 cm³/mol. The van der Waals surface area contributed by atoms with Gasteiger partial charge in [-0.25, -0.2) is 0 Å². The molecule has 0 spiro atoms. The van der Waals surface area contributed by atoms with Gasteiger partial charge in [-0.05, 0) is 44.2 Å². The number of unbranched alkanes of at least 4 members (excludes halogenated alkanes) is 1. The van der Waals surface area contributed by atoms with Crippen LogP contribution in [0.3, 0.4) is 0 Å². The molecule has 0 saturated heterocycles. The van der Waals surface area contributed by atoms with E-state index in [2.05, 4.69) is 41.8 Å². The van der Waals surface area contributed by atoms with Gasteiger partial charge in [-0.15, -0.1) is 11.8 Å². The van der Waals surface area contributed by atoms with Crippen molar-refractivity contribution in [3.8, 4) is 0 Å². The van der Waals surface area contributed by atoms with Gasteiger partial charge in [0.1, 0.15) is 0 Å². The summed E-state index contributed by atoms with van der Waals surface area (Å²) in [7, 11) is 1.82. The largest absolute Gasteiger partial charge is 0.352 e. The van der Waals surface area contributed by atoms with Gasteiger partial charge in [0.05, 0.1) is 18.3 Å². The van der Waals surface area contributed by atoms with Crippen molar-refractivity contribution < 1.29 is 9.59 Å². The summed E-state index contributed by atoms with van der Waals surface area (Å²) < 4.78 is 0. The SMILES string of the molecule is CCCCNC(=O)c1ccc2c(c1)N(Cc1ccc(C)cc1)C(=O)[C@@H](NC)CS2. The fraction of sp³-hybridized carbons (Fsp3) is 0.391. The van der Waals surface area contributed by atoms with Crippen LogP contribution >= 0.6 is 11.8 Å². The minimum Gasteiger partial charge on any atom is -0.352 e. The zero-order chi connectivity index (χ0) is 20.8. The van der Waals surface area contributed by atoms with Gasteiger partial charge in [0, 0.05) is 22.8 Å². The van der Waals surface area contributed by atoms with Crippen molar-refractivity contribution >= 4 is 29.3 Å². The summed E-state index contributed by atoms with van der Waals surface area (Å²) in [4.78, 5) is 28.6. The van der Waals surface area contributed by atoms with Crippen LogP contribution in [0, 0.1) is 6.92 Å². The van der Waals surface area contributed by atoms with Crippen molar-refractivity contribution in [3.05, 3.63) is 59.2 Å². The van der Waals surface area contributed by atoms with Gasteiger partial charge in [-0.3, -0.25) is 9.59 Å². The number of fused-ring (bicyclic) bond motifs is 1. The van der Waals surface area contributed by atoms with Crippen LogP contribution in [0.15, 0.2) is 47.4 Å². The fourth-order valence-electron chi connectivity index (χ4n) is 3.27. The standard InChI is InChI=1S/C23H29N3O2S/c1-4-5-12-25-22(27)18-10-11-21-20(13-18)26(23(28)19(24-3)15-29-21)14-17-8-6-16(2)7-9-17/h6-11,13,19,24H,4-5,12,14-15H2,1-3H3,(H,25,27)/t19-/m0/s1. The molecule has 6 heteroatoms. The van der Waals surface area contributed by atoms with Crippen molar-refractivity contribution in [3.63, 3.8) is 0 Å². The molecule has 2 aromatic rings. The Balaban J connectivity index is 1.94. The molecule has 2 aromatic carbocycles. The lowest BCUT2D eigenvalue weighted by atomic mass is 10.1. The third-order valence-corrected chi connectivity index (χ3v) is 6.26. The Morgan fingerprint density at radius 1 is 1.21 bits per heavy atom. The van der Waals surface area contributed by atoms with Gasteiger partial charge in [0.15, 0.2) is 0 Å². The molecule has 0 bridgehead atoms. The maximum absolute atomic E-state index is 13.3. The molecule has 2 amide bonds. The number of nitrogens with zero attached hydrogens (tertiary/aromatic N) is 1. The number of likely N-dealkylation sites (N-methyl/N-ethyl adjacent to an activating group) is 1. The molecular weight excluding hydrogens is 382 g/mol.